The highest BCUT2D eigenvalue weighted by Crippen LogP contribution is 2.21. The minimum Gasteiger partial charge on any atom is -0.317 e. The molecule has 1 unspecified atom stereocenters. The van der Waals surface area contributed by atoms with Crippen LogP contribution in [0, 0.1) is 0 Å². The van der Waals surface area contributed by atoms with Crippen molar-refractivity contribution in [3.8, 4) is 0 Å². The second-order valence-electron chi connectivity index (χ2n) is 4.33. The quantitative estimate of drug-likeness (QED) is 0.655. The average molecular weight is 293 g/mol. The van der Waals surface area contributed by atoms with Crippen molar-refractivity contribution in [2.75, 3.05) is 12.8 Å². The predicted molar refractivity (Wildman–Crippen MR) is 74.3 cm³/mol. The number of rotatable bonds is 3. The molecule has 0 aliphatic carbocycles. The van der Waals surface area contributed by atoms with Crippen molar-refractivity contribution in [3.63, 3.8) is 0 Å². The number of aromatic nitrogens is 1. The highest BCUT2D eigenvalue weighted by atomic mass is 32.2. The second-order valence-corrected chi connectivity index (χ2v) is 5.12. The summed E-state index contributed by atoms with van der Waals surface area (Å²) >= 11 is 1.35. The van der Waals surface area contributed by atoms with Crippen LogP contribution in [0.1, 0.15) is 23.7 Å². The molecule has 6 nitrogen and oxygen atoms in total. The van der Waals surface area contributed by atoms with Gasteiger partial charge in [-0.25, -0.2) is 4.98 Å². The number of hydrogen-bond acceptors (Lipinski definition) is 5. The summed E-state index contributed by atoms with van der Waals surface area (Å²) < 4.78 is 0. The SMILES string of the molecule is CCC1C(=O)NC(=O)CN1C(=O)c1cccnc1SC. The zero-order valence-corrected chi connectivity index (χ0v) is 12.1. The van der Waals surface area contributed by atoms with Crippen LogP contribution >= 0.6 is 11.8 Å². The Morgan fingerprint density at radius 2 is 2.30 bits per heavy atom. The smallest absolute Gasteiger partial charge is 0.257 e. The maximum atomic E-state index is 12.6. The van der Waals surface area contributed by atoms with E-state index in [2.05, 4.69) is 10.3 Å². The van der Waals surface area contributed by atoms with Gasteiger partial charge in [-0.15, -0.1) is 11.8 Å². The van der Waals surface area contributed by atoms with Gasteiger partial charge in [0, 0.05) is 6.20 Å². The molecule has 20 heavy (non-hydrogen) atoms. The van der Waals surface area contributed by atoms with Gasteiger partial charge in [-0.2, -0.15) is 0 Å². The molecule has 1 fully saturated rings. The van der Waals surface area contributed by atoms with Gasteiger partial charge in [-0.05, 0) is 24.8 Å². The molecular formula is C13H15N3O3S. The summed E-state index contributed by atoms with van der Waals surface area (Å²) in [5.41, 5.74) is 0.418. The van der Waals surface area contributed by atoms with E-state index in [9.17, 15) is 14.4 Å². The minimum absolute atomic E-state index is 0.105. The Kier molecular flexibility index (Phi) is 4.39. The molecule has 1 aromatic rings. The fraction of sp³-hybridized carbons (Fsp3) is 0.385. The summed E-state index contributed by atoms with van der Waals surface area (Å²) in [5.74, 6) is -1.22. The molecule has 3 amide bonds. The fourth-order valence-electron chi connectivity index (χ4n) is 2.16. The van der Waals surface area contributed by atoms with Crippen LogP contribution in [0.25, 0.3) is 0 Å². The lowest BCUT2D eigenvalue weighted by Crippen LogP contribution is -2.59. The van der Waals surface area contributed by atoms with E-state index < -0.39 is 17.9 Å². The molecule has 106 valence electrons. The summed E-state index contributed by atoms with van der Waals surface area (Å²) in [7, 11) is 0. The van der Waals surface area contributed by atoms with Crippen molar-refractivity contribution >= 4 is 29.5 Å². The molecule has 1 aliphatic rings. The summed E-state index contributed by atoms with van der Waals surface area (Å²) in [5, 5.41) is 2.84. The first-order valence-corrected chi connectivity index (χ1v) is 7.44. The molecule has 1 aromatic heterocycles. The third-order valence-electron chi connectivity index (χ3n) is 3.10. The Bertz CT molecular complexity index is 562. The van der Waals surface area contributed by atoms with Gasteiger partial charge in [0.1, 0.15) is 17.6 Å². The van der Waals surface area contributed by atoms with Crippen molar-refractivity contribution in [1.82, 2.24) is 15.2 Å². The first-order valence-electron chi connectivity index (χ1n) is 6.22. The number of piperazine rings is 1. The van der Waals surface area contributed by atoms with Crippen LogP contribution in [0.5, 0.6) is 0 Å². The molecule has 0 bridgehead atoms. The molecule has 1 aliphatic heterocycles. The van der Waals surface area contributed by atoms with Crippen molar-refractivity contribution in [1.29, 1.82) is 0 Å². The summed E-state index contributed by atoms with van der Waals surface area (Å²) in [6.45, 7) is 1.70. The average Bonchev–Trinajstić information content (AvgIpc) is 2.45. The van der Waals surface area contributed by atoms with Gasteiger partial charge in [-0.1, -0.05) is 6.92 Å². The standard InChI is InChI=1S/C13H15N3O3S/c1-3-9-11(18)15-10(17)7-16(9)13(19)8-5-4-6-14-12(8)20-2/h4-6,9H,3,7H2,1-2H3,(H,15,17,18). The van der Waals surface area contributed by atoms with Crippen LogP contribution in [-0.4, -0.2) is 46.4 Å². The first-order chi connectivity index (χ1) is 9.58. The molecule has 0 spiro atoms. The Morgan fingerprint density at radius 3 is 2.95 bits per heavy atom. The van der Waals surface area contributed by atoms with Gasteiger partial charge in [0.05, 0.1) is 5.56 Å². The van der Waals surface area contributed by atoms with Crippen LogP contribution in [0.4, 0.5) is 0 Å². The molecule has 0 saturated carbocycles. The highest BCUT2D eigenvalue weighted by molar-refractivity contribution is 7.98. The lowest BCUT2D eigenvalue weighted by molar-refractivity contribution is -0.138. The van der Waals surface area contributed by atoms with Gasteiger partial charge in [0.2, 0.25) is 11.8 Å². The molecular weight excluding hydrogens is 278 g/mol. The van der Waals surface area contributed by atoms with Gasteiger partial charge in [0.25, 0.3) is 5.91 Å². The first kappa shape index (κ1) is 14.5. The van der Waals surface area contributed by atoms with Crippen molar-refractivity contribution in [2.24, 2.45) is 0 Å². The van der Waals surface area contributed by atoms with Crippen molar-refractivity contribution in [3.05, 3.63) is 23.9 Å². The predicted octanol–water partition coefficient (Wildman–Crippen LogP) is 0.681. The largest absolute Gasteiger partial charge is 0.317 e. The minimum atomic E-state index is -0.616. The van der Waals surface area contributed by atoms with Gasteiger partial charge >= 0.3 is 0 Å². The Morgan fingerprint density at radius 1 is 1.55 bits per heavy atom. The van der Waals surface area contributed by atoms with Crippen LogP contribution in [0.3, 0.4) is 0 Å². The zero-order chi connectivity index (χ0) is 14.7. The molecule has 1 atom stereocenters. The normalized spacial score (nSPS) is 18.9. The van der Waals surface area contributed by atoms with Crippen LogP contribution in [0.15, 0.2) is 23.4 Å². The molecule has 2 rings (SSSR count). The lowest BCUT2D eigenvalue weighted by atomic mass is 10.1. The number of hydrogen-bond donors (Lipinski definition) is 1. The number of carbonyl (C=O) groups is 3. The maximum Gasteiger partial charge on any atom is 0.257 e. The number of thioether (sulfide) groups is 1. The number of imide groups is 1. The highest BCUT2D eigenvalue weighted by Gasteiger charge is 2.36. The van der Waals surface area contributed by atoms with E-state index in [1.54, 1.807) is 25.3 Å². The summed E-state index contributed by atoms with van der Waals surface area (Å²) in [6.07, 6.45) is 3.89. The molecule has 1 N–H and O–H groups in total. The van der Waals surface area contributed by atoms with E-state index in [-0.39, 0.29) is 12.5 Å². The van der Waals surface area contributed by atoms with Crippen LogP contribution in [0.2, 0.25) is 0 Å². The summed E-state index contributed by atoms with van der Waals surface area (Å²) in [6, 6.07) is 2.71. The fourth-order valence-corrected chi connectivity index (χ4v) is 2.70. The topological polar surface area (TPSA) is 79.4 Å². The third kappa shape index (κ3) is 2.67. The van der Waals surface area contributed by atoms with Crippen molar-refractivity contribution < 1.29 is 14.4 Å². The molecule has 0 radical (unpaired) electrons. The van der Waals surface area contributed by atoms with E-state index >= 15 is 0 Å². The Balaban J connectivity index is 2.35. The second kappa shape index (κ2) is 6.04. The van der Waals surface area contributed by atoms with Gasteiger partial charge in [0.15, 0.2) is 0 Å². The number of pyridine rings is 1. The number of amides is 3. The van der Waals surface area contributed by atoms with E-state index in [0.29, 0.717) is 17.0 Å². The Hall–Kier alpha value is -1.89. The molecule has 2 heterocycles. The monoisotopic (exact) mass is 293 g/mol. The summed E-state index contributed by atoms with van der Waals surface area (Å²) in [4.78, 5) is 41.3. The van der Waals surface area contributed by atoms with Gasteiger partial charge in [-0.3, -0.25) is 19.7 Å². The van der Waals surface area contributed by atoms with E-state index in [1.807, 2.05) is 6.26 Å². The Labute approximate surface area is 120 Å². The molecule has 1 saturated heterocycles. The number of nitrogens with one attached hydrogen (secondary N) is 1. The van der Waals surface area contributed by atoms with Crippen LogP contribution in [-0.2, 0) is 9.59 Å². The van der Waals surface area contributed by atoms with E-state index in [0.717, 1.165) is 0 Å². The zero-order valence-electron chi connectivity index (χ0n) is 11.3. The van der Waals surface area contributed by atoms with Gasteiger partial charge < -0.3 is 4.90 Å². The molecule has 7 heteroatoms. The van der Waals surface area contributed by atoms with E-state index in [4.69, 9.17) is 0 Å². The van der Waals surface area contributed by atoms with Crippen molar-refractivity contribution in [2.45, 2.75) is 24.4 Å². The number of carbonyl (C=O) groups excluding carboxylic acids is 3. The maximum absolute atomic E-state index is 12.6. The van der Waals surface area contributed by atoms with E-state index in [1.165, 1.54) is 16.7 Å². The molecule has 0 aromatic carbocycles. The number of nitrogens with zero attached hydrogens (tertiary/aromatic N) is 2. The third-order valence-corrected chi connectivity index (χ3v) is 3.81. The lowest BCUT2D eigenvalue weighted by Gasteiger charge is -2.33. The van der Waals surface area contributed by atoms with Crippen LogP contribution < -0.4 is 5.32 Å².